The van der Waals surface area contributed by atoms with E-state index in [1.165, 1.54) is 16.7 Å². The van der Waals surface area contributed by atoms with Crippen molar-refractivity contribution < 1.29 is 0 Å². The first-order valence-electron chi connectivity index (χ1n) is 11.4. The van der Waals surface area contributed by atoms with E-state index >= 15 is 0 Å². The molecule has 0 bridgehead atoms. The fourth-order valence-corrected chi connectivity index (χ4v) is 3.50. The molecule has 0 spiro atoms. The molecule has 3 aromatic carbocycles. The highest BCUT2D eigenvalue weighted by Gasteiger charge is 2.07. The summed E-state index contributed by atoms with van der Waals surface area (Å²) >= 11 is 0. The quantitative estimate of drug-likeness (QED) is 0.294. The van der Waals surface area contributed by atoms with Gasteiger partial charge in [0, 0.05) is 19.6 Å². The van der Waals surface area contributed by atoms with Gasteiger partial charge >= 0.3 is 0 Å². The molecule has 0 amide bonds. The van der Waals surface area contributed by atoms with Gasteiger partial charge in [-0.15, -0.1) is 0 Å². The van der Waals surface area contributed by atoms with E-state index in [1.54, 1.807) is 0 Å². The lowest BCUT2D eigenvalue weighted by atomic mass is 10.1. The molecule has 0 saturated heterocycles. The molecule has 6 heteroatoms. The third-order valence-corrected chi connectivity index (χ3v) is 5.25. The lowest BCUT2D eigenvalue weighted by Gasteiger charge is -2.12. The number of aromatic nitrogens is 3. The Labute approximate surface area is 195 Å². The number of nitrogens with one attached hydrogen (secondary N) is 3. The molecule has 168 valence electrons. The minimum atomic E-state index is 0.574. The van der Waals surface area contributed by atoms with Crippen molar-refractivity contribution in [3.05, 3.63) is 108 Å². The molecule has 0 saturated carbocycles. The van der Waals surface area contributed by atoms with E-state index in [0.29, 0.717) is 17.8 Å². The van der Waals surface area contributed by atoms with Crippen LogP contribution in [0.5, 0.6) is 0 Å². The number of nitrogens with zero attached hydrogens (tertiary/aromatic N) is 3. The van der Waals surface area contributed by atoms with Gasteiger partial charge < -0.3 is 16.0 Å². The van der Waals surface area contributed by atoms with Crippen LogP contribution in [-0.2, 0) is 19.3 Å². The predicted molar refractivity (Wildman–Crippen MR) is 136 cm³/mol. The summed E-state index contributed by atoms with van der Waals surface area (Å²) in [5.41, 5.74) is 3.84. The van der Waals surface area contributed by atoms with Crippen molar-refractivity contribution in [2.75, 3.05) is 35.6 Å². The second-order valence-electron chi connectivity index (χ2n) is 7.79. The average Bonchev–Trinajstić information content (AvgIpc) is 2.86. The maximum atomic E-state index is 4.58. The Morgan fingerprint density at radius 1 is 0.394 bits per heavy atom. The molecular weight excluding hydrogens is 408 g/mol. The Morgan fingerprint density at radius 3 is 0.939 bits per heavy atom. The second kappa shape index (κ2) is 12.2. The normalized spacial score (nSPS) is 10.5. The third-order valence-electron chi connectivity index (χ3n) is 5.25. The standard InChI is InChI=1S/C27H30N6/c1-4-10-22(11-5-1)16-19-28-25-31-26(29-20-17-23-12-6-2-7-13-23)33-27(32-25)30-21-18-24-14-8-3-9-15-24/h1-15H,16-21H2,(H3,28,29,30,31,32,33). The molecule has 33 heavy (non-hydrogen) atoms. The highest BCUT2D eigenvalue weighted by molar-refractivity contribution is 5.42. The monoisotopic (exact) mass is 438 g/mol. The van der Waals surface area contributed by atoms with Crippen molar-refractivity contribution in [1.82, 2.24) is 15.0 Å². The van der Waals surface area contributed by atoms with Crippen molar-refractivity contribution in [2.45, 2.75) is 19.3 Å². The minimum Gasteiger partial charge on any atom is -0.354 e. The van der Waals surface area contributed by atoms with Crippen LogP contribution in [0.25, 0.3) is 0 Å². The summed E-state index contributed by atoms with van der Waals surface area (Å²) in [4.78, 5) is 13.7. The summed E-state index contributed by atoms with van der Waals surface area (Å²) in [6.45, 7) is 2.25. The van der Waals surface area contributed by atoms with Gasteiger partial charge in [-0.05, 0) is 36.0 Å². The van der Waals surface area contributed by atoms with Gasteiger partial charge in [0.25, 0.3) is 0 Å². The molecule has 6 nitrogen and oxygen atoms in total. The van der Waals surface area contributed by atoms with Gasteiger partial charge in [-0.3, -0.25) is 0 Å². The van der Waals surface area contributed by atoms with Gasteiger partial charge in [-0.25, -0.2) is 0 Å². The summed E-state index contributed by atoms with van der Waals surface area (Å²) in [5, 5.41) is 10.0. The van der Waals surface area contributed by atoms with Crippen LogP contribution in [0.3, 0.4) is 0 Å². The first kappa shape index (κ1) is 22.3. The Hall–Kier alpha value is -3.93. The summed E-state index contributed by atoms with van der Waals surface area (Å²) < 4.78 is 0. The number of hydrogen-bond donors (Lipinski definition) is 3. The Bertz CT molecular complexity index is 933. The Morgan fingerprint density at radius 2 is 0.667 bits per heavy atom. The largest absolute Gasteiger partial charge is 0.354 e. The van der Waals surface area contributed by atoms with E-state index in [-0.39, 0.29) is 0 Å². The van der Waals surface area contributed by atoms with Gasteiger partial charge in [0.1, 0.15) is 0 Å². The predicted octanol–water partition coefficient (Wildman–Crippen LogP) is 4.84. The van der Waals surface area contributed by atoms with Crippen molar-refractivity contribution in [3.8, 4) is 0 Å². The maximum Gasteiger partial charge on any atom is 0.229 e. The van der Waals surface area contributed by atoms with Gasteiger partial charge in [0.05, 0.1) is 0 Å². The topological polar surface area (TPSA) is 74.8 Å². The van der Waals surface area contributed by atoms with Crippen molar-refractivity contribution in [2.24, 2.45) is 0 Å². The summed E-state index contributed by atoms with van der Waals surface area (Å²) in [7, 11) is 0. The van der Waals surface area contributed by atoms with E-state index in [1.807, 2.05) is 18.2 Å². The number of benzene rings is 3. The number of hydrogen-bond acceptors (Lipinski definition) is 6. The zero-order valence-electron chi connectivity index (χ0n) is 18.7. The van der Waals surface area contributed by atoms with E-state index in [0.717, 1.165) is 38.9 Å². The first-order valence-corrected chi connectivity index (χ1v) is 11.4. The molecule has 4 rings (SSSR count). The molecule has 0 aliphatic carbocycles. The molecule has 3 N–H and O–H groups in total. The Balaban J connectivity index is 1.37. The van der Waals surface area contributed by atoms with E-state index in [2.05, 4.69) is 104 Å². The van der Waals surface area contributed by atoms with Gasteiger partial charge in [-0.2, -0.15) is 15.0 Å². The molecular formula is C27H30N6. The summed E-state index contributed by atoms with van der Waals surface area (Å²) in [6.07, 6.45) is 2.71. The SMILES string of the molecule is c1ccc(CCNc2nc(NCCc3ccccc3)nc(NCCc3ccccc3)n2)cc1. The number of rotatable bonds is 12. The van der Waals surface area contributed by atoms with Crippen molar-refractivity contribution in [1.29, 1.82) is 0 Å². The fraction of sp³-hybridized carbons (Fsp3) is 0.222. The van der Waals surface area contributed by atoms with Gasteiger partial charge in [-0.1, -0.05) is 91.0 Å². The molecule has 0 radical (unpaired) electrons. The molecule has 4 aromatic rings. The lowest BCUT2D eigenvalue weighted by molar-refractivity contribution is 0.923. The van der Waals surface area contributed by atoms with Crippen LogP contribution >= 0.6 is 0 Å². The molecule has 0 aliphatic rings. The second-order valence-corrected chi connectivity index (χ2v) is 7.79. The summed E-state index contributed by atoms with van der Waals surface area (Å²) in [6, 6.07) is 31.2. The molecule has 0 aliphatic heterocycles. The zero-order chi connectivity index (χ0) is 22.6. The molecule has 1 aromatic heterocycles. The molecule has 1 heterocycles. The number of anilines is 3. The minimum absolute atomic E-state index is 0.574. The summed E-state index contributed by atoms with van der Waals surface area (Å²) in [5.74, 6) is 1.72. The highest BCUT2D eigenvalue weighted by atomic mass is 15.3. The smallest absolute Gasteiger partial charge is 0.229 e. The van der Waals surface area contributed by atoms with Crippen LogP contribution in [0.1, 0.15) is 16.7 Å². The highest BCUT2D eigenvalue weighted by Crippen LogP contribution is 2.11. The van der Waals surface area contributed by atoms with Gasteiger partial charge in [0.15, 0.2) is 0 Å². The van der Waals surface area contributed by atoms with E-state index in [9.17, 15) is 0 Å². The van der Waals surface area contributed by atoms with Crippen LogP contribution in [0, 0.1) is 0 Å². The third kappa shape index (κ3) is 7.61. The van der Waals surface area contributed by atoms with Crippen LogP contribution in [0.2, 0.25) is 0 Å². The molecule has 0 unspecified atom stereocenters. The van der Waals surface area contributed by atoms with Crippen LogP contribution in [0.4, 0.5) is 17.8 Å². The zero-order valence-corrected chi connectivity index (χ0v) is 18.7. The molecule has 0 atom stereocenters. The van der Waals surface area contributed by atoms with E-state index < -0.39 is 0 Å². The van der Waals surface area contributed by atoms with Crippen LogP contribution in [0.15, 0.2) is 91.0 Å². The van der Waals surface area contributed by atoms with E-state index in [4.69, 9.17) is 0 Å². The average molecular weight is 439 g/mol. The van der Waals surface area contributed by atoms with Gasteiger partial charge in [0.2, 0.25) is 17.8 Å². The van der Waals surface area contributed by atoms with Crippen LogP contribution < -0.4 is 16.0 Å². The first-order chi connectivity index (χ1) is 16.3. The van der Waals surface area contributed by atoms with Crippen molar-refractivity contribution in [3.63, 3.8) is 0 Å². The Kier molecular flexibility index (Phi) is 8.23. The maximum absolute atomic E-state index is 4.58. The molecule has 0 fully saturated rings. The lowest BCUT2D eigenvalue weighted by Crippen LogP contribution is -2.16. The van der Waals surface area contributed by atoms with Crippen molar-refractivity contribution >= 4 is 17.8 Å². The van der Waals surface area contributed by atoms with Crippen LogP contribution in [-0.4, -0.2) is 34.6 Å². The fourth-order valence-electron chi connectivity index (χ4n) is 3.50.